The summed E-state index contributed by atoms with van der Waals surface area (Å²) in [7, 11) is 1.60. The van der Waals surface area contributed by atoms with Gasteiger partial charge in [0.25, 0.3) is 5.91 Å². The number of rotatable bonds is 4. The largest absolute Gasteiger partial charge is 0.497 e. The number of hydrogen-bond acceptors (Lipinski definition) is 4. The fourth-order valence-corrected chi connectivity index (χ4v) is 3.44. The van der Waals surface area contributed by atoms with Crippen molar-refractivity contribution in [3.8, 4) is 5.75 Å². The smallest absolute Gasteiger partial charge is 0.291 e. The molecule has 1 aliphatic heterocycles. The van der Waals surface area contributed by atoms with E-state index >= 15 is 0 Å². The fraction of sp³-hybridized carbons (Fsp3) is 0.238. The minimum absolute atomic E-state index is 0.0729. The molecule has 0 unspecified atom stereocenters. The normalized spacial score (nSPS) is 14.0. The van der Waals surface area contributed by atoms with Crippen LogP contribution in [-0.2, 0) is 4.79 Å². The van der Waals surface area contributed by atoms with Crippen LogP contribution in [0.5, 0.6) is 5.75 Å². The summed E-state index contributed by atoms with van der Waals surface area (Å²) < 4.78 is 11.0. The summed E-state index contributed by atoms with van der Waals surface area (Å²) in [5, 5.41) is 3.73. The lowest BCUT2D eigenvalue weighted by molar-refractivity contribution is -0.117. The quantitative estimate of drug-likeness (QED) is 0.756. The van der Waals surface area contributed by atoms with Crippen molar-refractivity contribution in [2.24, 2.45) is 0 Å². The average Bonchev–Trinajstić information content (AvgIpc) is 3.25. The molecule has 138 valence electrons. The van der Waals surface area contributed by atoms with Gasteiger partial charge in [-0.25, -0.2) is 0 Å². The van der Waals surface area contributed by atoms with Gasteiger partial charge in [-0.2, -0.15) is 0 Å². The second kappa shape index (κ2) is 6.79. The molecule has 3 aromatic rings. The molecule has 6 nitrogen and oxygen atoms in total. The highest BCUT2D eigenvalue weighted by Gasteiger charge is 2.25. The van der Waals surface area contributed by atoms with Crippen molar-refractivity contribution in [2.75, 3.05) is 23.9 Å². The number of benzene rings is 2. The maximum absolute atomic E-state index is 12.9. The predicted octanol–water partition coefficient (Wildman–Crippen LogP) is 4.13. The van der Waals surface area contributed by atoms with E-state index < -0.39 is 0 Å². The van der Waals surface area contributed by atoms with Crippen LogP contribution in [-0.4, -0.2) is 25.5 Å². The van der Waals surface area contributed by atoms with Gasteiger partial charge in [0, 0.05) is 23.9 Å². The molecule has 6 heteroatoms. The Morgan fingerprint density at radius 3 is 2.78 bits per heavy atom. The van der Waals surface area contributed by atoms with Gasteiger partial charge in [0.05, 0.1) is 18.5 Å². The first kappa shape index (κ1) is 17.1. The summed E-state index contributed by atoms with van der Waals surface area (Å²) in [4.78, 5) is 26.7. The number of methoxy groups -OCH3 is 1. The molecule has 1 N–H and O–H groups in total. The first-order valence-corrected chi connectivity index (χ1v) is 8.86. The molecular formula is C21H20N2O4. The highest BCUT2D eigenvalue weighted by atomic mass is 16.5. The molecule has 0 saturated carbocycles. The van der Waals surface area contributed by atoms with Gasteiger partial charge in [-0.15, -0.1) is 0 Å². The second-order valence-corrected chi connectivity index (χ2v) is 6.54. The standard InChI is InChI=1S/C21H20N2O4/c1-13-15-12-14(26-2)9-10-18(15)27-20(13)21(25)22-16-6-3-4-7-17(16)23-11-5-8-19(23)24/h3-4,6-7,9-10,12H,5,8,11H2,1-2H3,(H,22,25). The molecule has 2 amide bonds. The number of aryl methyl sites for hydroxylation is 1. The van der Waals surface area contributed by atoms with E-state index in [0.717, 1.165) is 17.4 Å². The predicted molar refractivity (Wildman–Crippen MR) is 103 cm³/mol. The highest BCUT2D eigenvalue weighted by molar-refractivity contribution is 6.09. The first-order chi connectivity index (χ1) is 13.1. The topological polar surface area (TPSA) is 71.8 Å². The van der Waals surface area contributed by atoms with E-state index in [1.165, 1.54) is 0 Å². The maximum atomic E-state index is 12.9. The van der Waals surface area contributed by atoms with E-state index in [0.29, 0.717) is 35.7 Å². The van der Waals surface area contributed by atoms with Crippen LogP contribution in [0, 0.1) is 6.92 Å². The van der Waals surface area contributed by atoms with Crippen LogP contribution in [0.2, 0.25) is 0 Å². The van der Waals surface area contributed by atoms with E-state index in [-0.39, 0.29) is 17.6 Å². The van der Waals surface area contributed by atoms with Gasteiger partial charge in [0.1, 0.15) is 11.3 Å². The van der Waals surface area contributed by atoms with E-state index in [1.807, 2.05) is 31.2 Å². The summed E-state index contributed by atoms with van der Waals surface area (Å²) in [6.07, 6.45) is 1.36. The van der Waals surface area contributed by atoms with Gasteiger partial charge in [0.15, 0.2) is 5.76 Å². The molecule has 0 spiro atoms. The van der Waals surface area contributed by atoms with Crippen molar-refractivity contribution in [3.63, 3.8) is 0 Å². The van der Waals surface area contributed by atoms with Crippen LogP contribution in [0.4, 0.5) is 11.4 Å². The Labute approximate surface area is 156 Å². The maximum Gasteiger partial charge on any atom is 0.291 e. The van der Waals surface area contributed by atoms with E-state index in [2.05, 4.69) is 5.32 Å². The number of anilines is 2. The zero-order valence-corrected chi connectivity index (χ0v) is 15.2. The third-order valence-corrected chi connectivity index (χ3v) is 4.87. The second-order valence-electron chi connectivity index (χ2n) is 6.54. The summed E-state index contributed by atoms with van der Waals surface area (Å²) in [5.74, 6) is 0.683. The number of nitrogens with one attached hydrogen (secondary N) is 1. The van der Waals surface area contributed by atoms with Crippen molar-refractivity contribution in [1.29, 1.82) is 0 Å². The van der Waals surface area contributed by atoms with Crippen LogP contribution in [0.1, 0.15) is 29.0 Å². The first-order valence-electron chi connectivity index (χ1n) is 8.86. The summed E-state index contributed by atoms with van der Waals surface area (Å²) >= 11 is 0. The SMILES string of the molecule is COc1ccc2oc(C(=O)Nc3ccccc3N3CCCC3=O)c(C)c2c1. The minimum Gasteiger partial charge on any atom is -0.497 e. The molecule has 1 aromatic heterocycles. The van der Waals surface area contributed by atoms with E-state index in [4.69, 9.17) is 9.15 Å². The van der Waals surface area contributed by atoms with Gasteiger partial charge >= 0.3 is 0 Å². The number of carbonyl (C=O) groups excluding carboxylic acids is 2. The third kappa shape index (κ3) is 3.03. The zero-order chi connectivity index (χ0) is 19.0. The third-order valence-electron chi connectivity index (χ3n) is 4.87. The number of ether oxygens (including phenoxy) is 1. The summed E-state index contributed by atoms with van der Waals surface area (Å²) in [5.41, 5.74) is 2.68. The lowest BCUT2D eigenvalue weighted by Crippen LogP contribution is -2.25. The number of amides is 2. The molecule has 4 rings (SSSR count). The minimum atomic E-state index is -0.346. The average molecular weight is 364 g/mol. The summed E-state index contributed by atoms with van der Waals surface area (Å²) in [6, 6.07) is 12.7. The Kier molecular flexibility index (Phi) is 4.32. The van der Waals surface area contributed by atoms with E-state index in [9.17, 15) is 9.59 Å². The monoisotopic (exact) mass is 364 g/mol. The number of para-hydroxylation sites is 2. The Balaban J connectivity index is 1.66. The molecule has 1 saturated heterocycles. The highest BCUT2D eigenvalue weighted by Crippen LogP contribution is 2.32. The molecular weight excluding hydrogens is 344 g/mol. The zero-order valence-electron chi connectivity index (χ0n) is 15.2. The van der Waals surface area contributed by atoms with Crippen molar-refractivity contribution in [2.45, 2.75) is 19.8 Å². The molecule has 2 heterocycles. The molecule has 0 aliphatic carbocycles. The number of hydrogen-bond donors (Lipinski definition) is 1. The lowest BCUT2D eigenvalue weighted by atomic mass is 10.1. The van der Waals surface area contributed by atoms with E-state index in [1.54, 1.807) is 30.2 Å². The van der Waals surface area contributed by atoms with Crippen molar-refractivity contribution in [1.82, 2.24) is 0 Å². The van der Waals surface area contributed by atoms with Crippen LogP contribution in [0.25, 0.3) is 11.0 Å². The number of nitrogens with zero attached hydrogens (tertiary/aromatic N) is 1. The van der Waals surface area contributed by atoms with Crippen molar-refractivity contribution in [3.05, 3.63) is 53.8 Å². The molecule has 0 radical (unpaired) electrons. The van der Waals surface area contributed by atoms with Gasteiger partial charge in [-0.3, -0.25) is 9.59 Å². The molecule has 2 aromatic carbocycles. The molecule has 1 aliphatic rings. The Bertz CT molecular complexity index is 1040. The Morgan fingerprint density at radius 1 is 1.22 bits per heavy atom. The van der Waals surface area contributed by atoms with Crippen LogP contribution < -0.4 is 15.0 Å². The number of fused-ring (bicyclic) bond motifs is 1. The summed E-state index contributed by atoms with van der Waals surface area (Å²) in [6.45, 7) is 2.51. The number of carbonyl (C=O) groups is 2. The van der Waals surface area contributed by atoms with Gasteiger partial charge in [-0.1, -0.05) is 12.1 Å². The van der Waals surface area contributed by atoms with Crippen LogP contribution in [0.15, 0.2) is 46.9 Å². The number of furan rings is 1. The molecule has 0 atom stereocenters. The molecule has 0 bridgehead atoms. The van der Waals surface area contributed by atoms with Crippen molar-refractivity contribution >= 4 is 34.2 Å². The van der Waals surface area contributed by atoms with Gasteiger partial charge < -0.3 is 19.4 Å². The van der Waals surface area contributed by atoms with Gasteiger partial charge in [-0.05, 0) is 43.7 Å². The van der Waals surface area contributed by atoms with Crippen molar-refractivity contribution < 1.29 is 18.7 Å². The fourth-order valence-electron chi connectivity index (χ4n) is 3.44. The molecule has 27 heavy (non-hydrogen) atoms. The molecule has 1 fully saturated rings. The Morgan fingerprint density at radius 2 is 2.04 bits per heavy atom. The van der Waals surface area contributed by atoms with Gasteiger partial charge in [0.2, 0.25) is 5.91 Å². The van der Waals surface area contributed by atoms with Crippen LogP contribution >= 0.6 is 0 Å². The Hall–Kier alpha value is -3.28. The van der Waals surface area contributed by atoms with Crippen LogP contribution in [0.3, 0.4) is 0 Å². The lowest BCUT2D eigenvalue weighted by Gasteiger charge is -2.19.